The van der Waals surface area contributed by atoms with Crippen LogP contribution in [0.15, 0.2) is 30.3 Å². The molecule has 0 saturated carbocycles. The van der Waals surface area contributed by atoms with Gasteiger partial charge in [0, 0.05) is 18.7 Å². The van der Waals surface area contributed by atoms with E-state index in [1.54, 1.807) is 4.90 Å². The molecule has 0 aromatic heterocycles. The lowest BCUT2D eigenvalue weighted by atomic mass is 10.0. The standard InChI is InChI=1S/C14H17N3O/c1-11-12(2)17(9-8-16(11)10-15)14(18)13-6-4-3-5-7-13/h3-7,11-12H,8-9H2,1-2H3. The van der Waals surface area contributed by atoms with Crippen LogP contribution < -0.4 is 0 Å². The smallest absolute Gasteiger partial charge is 0.254 e. The first-order chi connectivity index (χ1) is 8.65. The van der Waals surface area contributed by atoms with E-state index in [1.807, 2.05) is 49.1 Å². The van der Waals surface area contributed by atoms with E-state index >= 15 is 0 Å². The largest absolute Gasteiger partial charge is 0.332 e. The summed E-state index contributed by atoms with van der Waals surface area (Å²) in [6.07, 6.45) is 2.18. The average molecular weight is 243 g/mol. The van der Waals surface area contributed by atoms with Gasteiger partial charge in [0.2, 0.25) is 0 Å². The number of hydrogen-bond acceptors (Lipinski definition) is 3. The Labute approximate surface area is 107 Å². The van der Waals surface area contributed by atoms with Crippen molar-refractivity contribution in [1.82, 2.24) is 9.80 Å². The first-order valence-electron chi connectivity index (χ1n) is 6.17. The van der Waals surface area contributed by atoms with E-state index in [1.165, 1.54) is 0 Å². The van der Waals surface area contributed by atoms with Gasteiger partial charge >= 0.3 is 0 Å². The van der Waals surface area contributed by atoms with Crippen molar-refractivity contribution in [3.63, 3.8) is 0 Å². The second kappa shape index (κ2) is 5.09. The maximum atomic E-state index is 12.4. The van der Waals surface area contributed by atoms with Gasteiger partial charge in [-0.2, -0.15) is 5.26 Å². The zero-order valence-electron chi connectivity index (χ0n) is 10.7. The highest BCUT2D eigenvalue weighted by atomic mass is 16.2. The molecule has 0 bridgehead atoms. The van der Waals surface area contributed by atoms with Crippen LogP contribution >= 0.6 is 0 Å². The molecule has 1 fully saturated rings. The number of piperazine rings is 1. The first kappa shape index (κ1) is 12.4. The quantitative estimate of drug-likeness (QED) is 0.705. The average Bonchev–Trinajstić information content (AvgIpc) is 2.42. The number of amides is 1. The number of rotatable bonds is 1. The van der Waals surface area contributed by atoms with Crippen LogP contribution in [0, 0.1) is 11.5 Å². The second-order valence-electron chi connectivity index (χ2n) is 4.64. The molecule has 1 aliphatic heterocycles. The number of carbonyl (C=O) groups is 1. The van der Waals surface area contributed by atoms with Gasteiger partial charge in [-0.25, -0.2) is 0 Å². The molecule has 1 saturated heterocycles. The van der Waals surface area contributed by atoms with Gasteiger partial charge in [-0.15, -0.1) is 0 Å². The SMILES string of the molecule is CC1C(C)N(C(=O)c2ccccc2)CCN1C#N. The molecule has 1 aliphatic rings. The summed E-state index contributed by atoms with van der Waals surface area (Å²) in [5, 5.41) is 8.99. The normalized spacial score (nSPS) is 23.6. The second-order valence-corrected chi connectivity index (χ2v) is 4.64. The molecular weight excluding hydrogens is 226 g/mol. The van der Waals surface area contributed by atoms with Crippen LogP contribution in [0.2, 0.25) is 0 Å². The summed E-state index contributed by atoms with van der Waals surface area (Å²) >= 11 is 0. The highest BCUT2D eigenvalue weighted by Crippen LogP contribution is 2.18. The Morgan fingerprint density at radius 3 is 2.50 bits per heavy atom. The van der Waals surface area contributed by atoms with E-state index in [-0.39, 0.29) is 18.0 Å². The lowest BCUT2D eigenvalue weighted by Crippen LogP contribution is -2.57. The molecule has 2 rings (SSSR count). The topological polar surface area (TPSA) is 47.3 Å². The number of benzene rings is 1. The fourth-order valence-electron chi connectivity index (χ4n) is 2.32. The first-order valence-corrected chi connectivity index (χ1v) is 6.17. The van der Waals surface area contributed by atoms with Gasteiger partial charge in [0.1, 0.15) is 0 Å². The fraction of sp³-hybridized carbons (Fsp3) is 0.429. The van der Waals surface area contributed by atoms with E-state index in [2.05, 4.69) is 6.19 Å². The molecule has 0 spiro atoms. The molecule has 1 aromatic carbocycles. The molecule has 94 valence electrons. The van der Waals surface area contributed by atoms with Crippen LogP contribution in [0.5, 0.6) is 0 Å². The summed E-state index contributed by atoms with van der Waals surface area (Å²) in [6, 6.07) is 9.41. The van der Waals surface area contributed by atoms with Gasteiger partial charge < -0.3 is 9.80 Å². The Kier molecular flexibility index (Phi) is 3.52. The van der Waals surface area contributed by atoms with Crippen molar-refractivity contribution >= 4 is 5.91 Å². The van der Waals surface area contributed by atoms with Crippen molar-refractivity contribution < 1.29 is 4.79 Å². The molecule has 2 atom stereocenters. The van der Waals surface area contributed by atoms with E-state index in [9.17, 15) is 4.79 Å². The van der Waals surface area contributed by atoms with Gasteiger partial charge in [-0.3, -0.25) is 4.79 Å². The molecule has 1 amide bonds. The zero-order valence-corrected chi connectivity index (χ0v) is 10.7. The van der Waals surface area contributed by atoms with Gasteiger partial charge in [0.05, 0.1) is 12.1 Å². The van der Waals surface area contributed by atoms with E-state index in [0.717, 1.165) is 0 Å². The van der Waals surface area contributed by atoms with Gasteiger partial charge in [0.25, 0.3) is 5.91 Å². The summed E-state index contributed by atoms with van der Waals surface area (Å²) in [5.74, 6) is 0.0486. The Hall–Kier alpha value is -2.02. The molecule has 2 unspecified atom stereocenters. The molecule has 0 N–H and O–H groups in total. The summed E-state index contributed by atoms with van der Waals surface area (Å²) in [7, 11) is 0. The lowest BCUT2D eigenvalue weighted by Gasteiger charge is -2.42. The number of carbonyl (C=O) groups excluding carboxylic acids is 1. The molecule has 4 nitrogen and oxygen atoms in total. The van der Waals surface area contributed by atoms with Crippen molar-refractivity contribution in [2.75, 3.05) is 13.1 Å². The minimum Gasteiger partial charge on any atom is -0.332 e. The summed E-state index contributed by atoms with van der Waals surface area (Å²) in [4.78, 5) is 16.0. The maximum absolute atomic E-state index is 12.4. The van der Waals surface area contributed by atoms with E-state index < -0.39 is 0 Å². The Bertz CT molecular complexity index is 466. The zero-order chi connectivity index (χ0) is 13.1. The summed E-state index contributed by atoms with van der Waals surface area (Å²) < 4.78 is 0. The molecule has 0 radical (unpaired) electrons. The molecule has 4 heteroatoms. The minimum atomic E-state index is 0.0473. The predicted octanol–water partition coefficient (Wildman–Crippen LogP) is 1.70. The van der Waals surface area contributed by atoms with Crippen molar-refractivity contribution in [3.8, 4) is 6.19 Å². The van der Waals surface area contributed by atoms with Gasteiger partial charge in [0.15, 0.2) is 6.19 Å². The van der Waals surface area contributed by atoms with Crippen LogP contribution in [0.25, 0.3) is 0 Å². The third-order valence-electron chi connectivity index (χ3n) is 3.67. The lowest BCUT2D eigenvalue weighted by molar-refractivity contribution is 0.0434. The molecule has 1 aromatic rings. The van der Waals surface area contributed by atoms with Crippen LogP contribution in [0.3, 0.4) is 0 Å². The molecule has 18 heavy (non-hydrogen) atoms. The third kappa shape index (κ3) is 2.17. The molecular formula is C14H17N3O. The maximum Gasteiger partial charge on any atom is 0.254 e. The number of hydrogen-bond donors (Lipinski definition) is 0. The van der Waals surface area contributed by atoms with Gasteiger partial charge in [-0.05, 0) is 26.0 Å². The van der Waals surface area contributed by atoms with Gasteiger partial charge in [-0.1, -0.05) is 18.2 Å². The van der Waals surface area contributed by atoms with Crippen LogP contribution in [0.1, 0.15) is 24.2 Å². The number of nitriles is 1. The van der Waals surface area contributed by atoms with Crippen molar-refractivity contribution in [2.24, 2.45) is 0 Å². The Morgan fingerprint density at radius 1 is 1.22 bits per heavy atom. The minimum absolute atomic E-state index is 0.0473. The summed E-state index contributed by atoms with van der Waals surface area (Å²) in [6.45, 7) is 5.20. The highest BCUT2D eigenvalue weighted by Gasteiger charge is 2.33. The Morgan fingerprint density at radius 2 is 1.89 bits per heavy atom. The van der Waals surface area contributed by atoms with E-state index in [0.29, 0.717) is 18.7 Å². The van der Waals surface area contributed by atoms with E-state index in [4.69, 9.17) is 5.26 Å². The van der Waals surface area contributed by atoms with Crippen LogP contribution in [0.4, 0.5) is 0 Å². The monoisotopic (exact) mass is 243 g/mol. The fourth-order valence-corrected chi connectivity index (χ4v) is 2.32. The van der Waals surface area contributed by atoms with Crippen LogP contribution in [-0.4, -0.2) is 40.9 Å². The van der Waals surface area contributed by atoms with Crippen LogP contribution in [-0.2, 0) is 0 Å². The molecule has 0 aliphatic carbocycles. The summed E-state index contributed by atoms with van der Waals surface area (Å²) in [5.41, 5.74) is 0.710. The molecule has 1 heterocycles. The van der Waals surface area contributed by atoms with Crippen molar-refractivity contribution in [3.05, 3.63) is 35.9 Å². The third-order valence-corrected chi connectivity index (χ3v) is 3.67. The number of nitrogens with zero attached hydrogens (tertiary/aromatic N) is 3. The predicted molar refractivity (Wildman–Crippen MR) is 68.7 cm³/mol. The highest BCUT2D eigenvalue weighted by molar-refractivity contribution is 5.94. The van der Waals surface area contributed by atoms with Crippen molar-refractivity contribution in [1.29, 1.82) is 5.26 Å². The van der Waals surface area contributed by atoms with Crippen molar-refractivity contribution in [2.45, 2.75) is 25.9 Å². The Balaban J connectivity index is 2.16.